The summed E-state index contributed by atoms with van der Waals surface area (Å²) in [6.45, 7) is 8.69. The fraction of sp³-hybridized carbons (Fsp3) is 1.00. The van der Waals surface area contributed by atoms with Crippen LogP contribution in [0.2, 0.25) is 0 Å². The van der Waals surface area contributed by atoms with Gasteiger partial charge in [0.25, 0.3) is 0 Å². The van der Waals surface area contributed by atoms with Crippen LogP contribution in [0.3, 0.4) is 0 Å². The first-order valence-corrected chi connectivity index (χ1v) is 23.2. The fourth-order valence-corrected chi connectivity index (χ4v) is 14.4. The molecule has 5 aliphatic heterocycles. The first-order chi connectivity index (χ1) is 29.0. The van der Waals surface area contributed by atoms with Gasteiger partial charge in [-0.15, -0.1) is 0 Å². The maximum atomic E-state index is 11.4. The van der Waals surface area contributed by atoms with Crippen LogP contribution in [-0.4, -0.2) is 176 Å². The molecule has 9 fully saturated rings. The van der Waals surface area contributed by atoms with Crippen LogP contribution >= 0.6 is 0 Å². The third kappa shape index (κ3) is 7.58. The second-order valence-corrected chi connectivity index (χ2v) is 21.1. The maximum absolute atomic E-state index is 11.4. The van der Waals surface area contributed by atoms with Gasteiger partial charge in [-0.05, 0) is 104 Å². The van der Waals surface area contributed by atoms with Crippen LogP contribution in [0.5, 0.6) is 0 Å². The van der Waals surface area contributed by atoms with E-state index in [4.69, 9.17) is 37.9 Å². The summed E-state index contributed by atoms with van der Waals surface area (Å²) < 4.78 is 48.5. The molecule has 0 unspecified atom stereocenters. The van der Waals surface area contributed by atoms with Crippen molar-refractivity contribution >= 4 is 0 Å². The van der Waals surface area contributed by atoms with E-state index in [0.29, 0.717) is 41.4 Å². The van der Waals surface area contributed by atoms with Crippen LogP contribution < -0.4 is 0 Å². The van der Waals surface area contributed by atoms with Crippen LogP contribution in [0, 0.1) is 52.3 Å². The van der Waals surface area contributed by atoms with Crippen LogP contribution in [0.4, 0.5) is 0 Å². The average Bonchev–Trinajstić information content (AvgIpc) is 3.69. The zero-order chi connectivity index (χ0) is 43.3. The lowest BCUT2D eigenvalue weighted by molar-refractivity contribution is -0.378. The van der Waals surface area contributed by atoms with Crippen LogP contribution in [0.25, 0.3) is 0 Å². The van der Waals surface area contributed by atoms with Crippen molar-refractivity contribution in [2.24, 2.45) is 52.3 Å². The van der Waals surface area contributed by atoms with Crippen molar-refractivity contribution in [3.8, 4) is 0 Å². The third-order valence-electron chi connectivity index (χ3n) is 17.9. The Bertz CT molecular complexity index is 1520. The molecule has 9 rings (SSSR count). The maximum Gasteiger partial charge on any atom is 0.187 e. The highest BCUT2D eigenvalue weighted by Crippen LogP contribution is 2.71. The zero-order valence-corrected chi connectivity index (χ0v) is 36.0. The normalized spacial score (nSPS) is 58.5. The van der Waals surface area contributed by atoms with Gasteiger partial charge in [0, 0.05) is 12.3 Å². The van der Waals surface area contributed by atoms with E-state index in [0.717, 1.165) is 51.6 Å². The molecule has 61 heavy (non-hydrogen) atoms. The predicted molar refractivity (Wildman–Crippen MR) is 210 cm³/mol. The second kappa shape index (κ2) is 17.2. The summed E-state index contributed by atoms with van der Waals surface area (Å²) in [6.07, 6.45) is -11.3. The first kappa shape index (κ1) is 45.5. The molecule has 0 bridgehead atoms. The van der Waals surface area contributed by atoms with Gasteiger partial charge in [0.15, 0.2) is 24.7 Å². The highest BCUT2D eigenvalue weighted by Gasteiger charge is 2.69. The number of rotatable bonds is 8. The average molecular weight is 873 g/mol. The number of hydrogen-bond donors (Lipinski definition) is 9. The van der Waals surface area contributed by atoms with Crippen molar-refractivity contribution in [2.75, 3.05) is 26.4 Å². The number of hydrogen-bond acceptors (Lipinski definition) is 17. The van der Waals surface area contributed by atoms with Crippen LogP contribution in [0.15, 0.2) is 0 Å². The third-order valence-corrected chi connectivity index (χ3v) is 17.9. The highest BCUT2D eigenvalue weighted by atomic mass is 16.8. The molecule has 4 aliphatic carbocycles. The van der Waals surface area contributed by atoms with Crippen molar-refractivity contribution in [2.45, 2.75) is 196 Å². The van der Waals surface area contributed by atoms with Crippen molar-refractivity contribution in [1.29, 1.82) is 0 Å². The molecule has 5 heterocycles. The molecule has 26 atom stereocenters. The minimum Gasteiger partial charge on any atom is -0.394 e. The van der Waals surface area contributed by atoms with Gasteiger partial charge in [-0.25, -0.2) is 0 Å². The standard InChI is InChI=1S/C44H72O17/c1-19-7-12-44(55-17-19)20(2)30-27(61-44)14-25-23-6-5-21-13-22(8-10-42(21,3)24(23)9-11-43(25,30)4)56-40-35(52)33(50)37(29(16-46)58-40)59-41-36(53)38(32(49)28(15-45)57-41)60-39-34(51)31(48)26(47)18-54-39/h19-41,45-53H,5-18H2,1-4H3/t19-,20+,21+,22+,23-,24+,25+,26-,27+,28-,29-,30+,31+,32-,33-,34-,35-,36-,37+,38+,39+,40-,41+,42+,43+,44-/m1/s1. The molecule has 17 nitrogen and oxygen atoms in total. The molecule has 9 aliphatic rings. The quantitative estimate of drug-likeness (QED) is 0.145. The van der Waals surface area contributed by atoms with Gasteiger partial charge in [0.2, 0.25) is 0 Å². The Labute approximate surface area is 357 Å². The Morgan fingerprint density at radius 1 is 0.607 bits per heavy atom. The predicted octanol–water partition coefficient (Wildman–Crippen LogP) is -0.0945. The summed E-state index contributed by atoms with van der Waals surface area (Å²) in [5.74, 6) is 3.40. The Morgan fingerprint density at radius 3 is 2.02 bits per heavy atom. The van der Waals surface area contributed by atoms with E-state index < -0.39 is 112 Å². The van der Waals surface area contributed by atoms with Crippen molar-refractivity contribution < 1.29 is 83.9 Å². The Hall–Kier alpha value is -0.680. The van der Waals surface area contributed by atoms with E-state index >= 15 is 0 Å². The van der Waals surface area contributed by atoms with Gasteiger partial charge in [0.1, 0.15) is 67.1 Å². The molecule has 9 N–H and O–H groups in total. The Morgan fingerprint density at radius 2 is 1.30 bits per heavy atom. The Balaban J connectivity index is 0.815. The monoisotopic (exact) mass is 872 g/mol. The molecule has 5 saturated heterocycles. The smallest absolute Gasteiger partial charge is 0.187 e. The molecule has 350 valence electrons. The second-order valence-electron chi connectivity index (χ2n) is 21.1. The minimum atomic E-state index is -1.82. The number of aliphatic hydroxyl groups is 9. The molecule has 0 aromatic carbocycles. The van der Waals surface area contributed by atoms with Gasteiger partial charge < -0.3 is 83.9 Å². The number of ether oxygens (including phenoxy) is 8. The molecule has 4 saturated carbocycles. The van der Waals surface area contributed by atoms with Gasteiger partial charge >= 0.3 is 0 Å². The van der Waals surface area contributed by atoms with Crippen molar-refractivity contribution in [1.82, 2.24) is 0 Å². The van der Waals surface area contributed by atoms with E-state index in [1.807, 2.05) is 0 Å². The molecule has 0 radical (unpaired) electrons. The Kier molecular flexibility index (Phi) is 12.8. The molecule has 0 aromatic heterocycles. The SMILES string of the molecule is C[C@@H]1CC[C@@]2(OC1)O[C@H]1C[C@H]3[C@@H]4CC[C@H]5C[C@@H](O[C@@H]6O[C@H](CO)[C@H](O[C@@H]7O[C@H](CO)[C@@H](O)[C@H](O[C@@H]8OC[C@@H](O)[C@H](O)[C@H]8O)[C@H]7O)[C@H](O)[C@H]6O)CC[C@]5(C)[C@H]4CC[C@]3(C)[C@H]1[C@@H]2C. The van der Waals surface area contributed by atoms with E-state index in [9.17, 15) is 46.0 Å². The number of aliphatic hydroxyl groups excluding tert-OH is 9. The van der Waals surface area contributed by atoms with Gasteiger partial charge in [-0.1, -0.05) is 27.7 Å². The summed E-state index contributed by atoms with van der Waals surface area (Å²) in [5, 5.41) is 95.7. The molecular formula is C44H72O17. The topological polar surface area (TPSA) is 256 Å². The van der Waals surface area contributed by atoms with E-state index in [2.05, 4.69) is 27.7 Å². The molecule has 17 heteroatoms. The molecular weight excluding hydrogens is 800 g/mol. The lowest BCUT2D eigenvalue weighted by Gasteiger charge is -2.61. The van der Waals surface area contributed by atoms with Crippen LogP contribution in [-0.2, 0) is 37.9 Å². The van der Waals surface area contributed by atoms with Crippen molar-refractivity contribution in [3.05, 3.63) is 0 Å². The summed E-state index contributed by atoms with van der Waals surface area (Å²) >= 11 is 0. The van der Waals surface area contributed by atoms with Gasteiger partial charge in [-0.2, -0.15) is 0 Å². The van der Waals surface area contributed by atoms with E-state index in [-0.39, 0.29) is 23.0 Å². The number of fused-ring (bicyclic) bond motifs is 7. The zero-order valence-electron chi connectivity index (χ0n) is 36.0. The lowest BCUT2D eigenvalue weighted by Crippen LogP contribution is -2.66. The van der Waals surface area contributed by atoms with Gasteiger partial charge in [0.05, 0.1) is 38.6 Å². The summed E-state index contributed by atoms with van der Waals surface area (Å²) in [5.41, 5.74) is 0.396. The fourth-order valence-electron chi connectivity index (χ4n) is 14.4. The lowest BCUT2D eigenvalue weighted by atomic mass is 9.44. The molecule has 0 amide bonds. The van der Waals surface area contributed by atoms with E-state index in [1.165, 1.54) is 19.3 Å². The largest absolute Gasteiger partial charge is 0.394 e. The van der Waals surface area contributed by atoms with Crippen LogP contribution in [0.1, 0.15) is 91.9 Å². The molecule has 0 aromatic rings. The molecule has 1 spiro atoms. The van der Waals surface area contributed by atoms with Crippen molar-refractivity contribution in [3.63, 3.8) is 0 Å². The minimum absolute atomic E-state index is 0.154. The highest BCUT2D eigenvalue weighted by molar-refractivity contribution is 5.15. The summed E-state index contributed by atoms with van der Waals surface area (Å²) in [4.78, 5) is 0. The summed E-state index contributed by atoms with van der Waals surface area (Å²) in [6, 6.07) is 0. The summed E-state index contributed by atoms with van der Waals surface area (Å²) in [7, 11) is 0. The first-order valence-electron chi connectivity index (χ1n) is 23.2. The van der Waals surface area contributed by atoms with E-state index in [1.54, 1.807) is 0 Å². The van der Waals surface area contributed by atoms with Gasteiger partial charge in [-0.3, -0.25) is 0 Å².